The van der Waals surface area contributed by atoms with E-state index in [9.17, 15) is 9.18 Å². The first kappa shape index (κ1) is 15.7. The van der Waals surface area contributed by atoms with Crippen LogP contribution in [0.4, 0.5) is 4.39 Å². The molecular weight excluding hydrogens is 313 g/mol. The van der Waals surface area contributed by atoms with E-state index >= 15 is 0 Å². The number of hydrogen-bond acceptors (Lipinski definition) is 5. The molecule has 2 aromatic carbocycles. The molecule has 0 radical (unpaired) electrons. The van der Waals surface area contributed by atoms with Crippen LogP contribution in [0.2, 0.25) is 0 Å². The third-order valence-corrected chi connectivity index (χ3v) is 3.45. The van der Waals surface area contributed by atoms with Gasteiger partial charge in [-0.15, -0.1) is 0 Å². The van der Waals surface area contributed by atoms with Crippen molar-refractivity contribution in [2.24, 2.45) is 4.99 Å². The van der Waals surface area contributed by atoms with E-state index in [-0.39, 0.29) is 17.2 Å². The first-order chi connectivity index (χ1) is 11.6. The normalized spacial score (nSPS) is 15.2. The molecule has 5 nitrogen and oxygen atoms in total. The zero-order chi connectivity index (χ0) is 17.1. The van der Waals surface area contributed by atoms with Gasteiger partial charge < -0.3 is 14.2 Å². The van der Waals surface area contributed by atoms with Gasteiger partial charge in [-0.2, -0.15) is 0 Å². The first-order valence-corrected chi connectivity index (χ1v) is 7.12. The molecule has 2 aromatic rings. The van der Waals surface area contributed by atoms with Crippen molar-refractivity contribution in [3.63, 3.8) is 0 Å². The summed E-state index contributed by atoms with van der Waals surface area (Å²) in [4.78, 5) is 16.1. The van der Waals surface area contributed by atoms with E-state index in [1.165, 1.54) is 32.4 Å². The quantitative estimate of drug-likeness (QED) is 0.639. The fourth-order valence-corrected chi connectivity index (χ4v) is 2.33. The molecular formula is C18H14FNO4. The number of para-hydroxylation sites is 1. The van der Waals surface area contributed by atoms with Crippen LogP contribution in [0.15, 0.2) is 53.2 Å². The molecule has 0 spiro atoms. The van der Waals surface area contributed by atoms with Gasteiger partial charge in [0.05, 0.1) is 19.8 Å². The molecule has 0 unspecified atom stereocenters. The van der Waals surface area contributed by atoms with Crippen molar-refractivity contribution in [2.45, 2.75) is 0 Å². The highest BCUT2D eigenvalue weighted by molar-refractivity contribution is 6.13. The average Bonchev–Trinajstić information content (AvgIpc) is 2.95. The maximum Gasteiger partial charge on any atom is 0.363 e. The molecule has 0 saturated heterocycles. The summed E-state index contributed by atoms with van der Waals surface area (Å²) >= 11 is 0. The Morgan fingerprint density at radius 1 is 1.08 bits per heavy atom. The van der Waals surface area contributed by atoms with Crippen LogP contribution in [0.3, 0.4) is 0 Å². The van der Waals surface area contributed by atoms with E-state index in [1.54, 1.807) is 30.3 Å². The van der Waals surface area contributed by atoms with E-state index in [2.05, 4.69) is 4.99 Å². The van der Waals surface area contributed by atoms with Gasteiger partial charge in [-0.3, -0.25) is 0 Å². The summed E-state index contributed by atoms with van der Waals surface area (Å²) in [6.45, 7) is 0. The van der Waals surface area contributed by atoms with Crippen molar-refractivity contribution in [1.82, 2.24) is 0 Å². The van der Waals surface area contributed by atoms with Gasteiger partial charge in [0.15, 0.2) is 17.2 Å². The highest BCUT2D eigenvalue weighted by Crippen LogP contribution is 2.33. The molecule has 0 atom stereocenters. The highest BCUT2D eigenvalue weighted by atomic mass is 19.1. The van der Waals surface area contributed by atoms with Crippen molar-refractivity contribution in [3.8, 4) is 11.5 Å². The predicted molar refractivity (Wildman–Crippen MR) is 86.6 cm³/mol. The summed E-state index contributed by atoms with van der Waals surface area (Å²) in [5, 5.41) is 0. The van der Waals surface area contributed by atoms with Gasteiger partial charge in [-0.05, 0) is 24.3 Å². The molecule has 1 aliphatic rings. The number of benzene rings is 2. The van der Waals surface area contributed by atoms with Crippen LogP contribution in [-0.4, -0.2) is 26.1 Å². The third-order valence-electron chi connectivity index (χ3n) is 3.45. The van der Waals surface area contributed by atoms with Crippen LogP contribution < -0.4 is 9.47 Å². The van der Waals surface area contributed by atoms with Gasteiger partial charge in [0.2, 0.25) is 5.90 Å². The van der Waals surface area contributed by atoms with Gasteiger partial charge >= 0.3 is 5.97 Å². The molecule has 0 aromatic heterocycles. The van der Waals surface area contributed by atoms with Gasteiger partial charge in [0.25, 0.3) is 0 Å². The summed E-state index contributed by atoms with van der Waals surface area (Å²) in [6, 6.07) is 11.2. The molecule has 1 aliphatic heterocycles. The number of aliphatic imine (C=N–C) groups is 1. The number of halogens is 1. The van der Waals surface area contributed by atoms with Crippen LogP contribution in [0, 0.1) is 5.82 Å². The van der Waals surface area contributed by atoms with Crippen molar-refractivity contribution >= 4 is 17.9 Å². The largest absolute Gasteiger partial charge is 0.493 e. The lowest BCUT2D eigenvalue weighted by Gasteiger charge is -2.09. The minimum Gasteiger partial charge on any atom is -0.493 e. The number of cyclic esters (lactones) is 1. The molecule has 24 heavy (non-hydrogen) atoms. The Bertz CT molecular complexity index is 858. The number of ether oxygens (including phenoxy) is 3. The number of rotatable bonds is 4. The fraction of sp³-hybridized carbons (Fsp3) is 0.111. The van der Waals surface area contributed by atoms with E-state index in [0.29, 0.717) is 17.1 Å². The minimum absolute atomic E-state index is 0.0554. The zero-order valence-corrected chi connectivity index (χ0v) is 13.1. The molecule has 0 saturated carbocycles. The summed E-state index contributed by atoms with van der Waals surface area (Å²) < 4.78 is 29.4. The van der Waals surface area contributed by atoms with Crippen molar-refractivity contribution in [1.29, 1.82) is 0 Å². The molecule has 6 heteroatoms. The predicted octanol–water partition coefficient (Wildman–Crippen LogP) is 3.19. The van der Waals surface area contributed by atoms with Gasteiger partial charge in [0, 0.05) is 5.56 Å². The van der Waals surface area contributed by atoms with Gasteiger partial charge in [-0.25, -0.2) is 14.2 Å². The van der Waals surface area contributed by atoms with Crippen LogP contribution in [0.1, 0.15) is 11.1 Å². The second-order valence-corrected chi connectivity index (χ2v) is 4.90. The monoisotopic (exact) mass is 327 g/mol. The van der Waals surface area contributed by atoms with E-state index < -0.39 is 11.8 Å². The molecule has 0 bridgehead atoms. The fourth-order valence-electron chi connectivity index (χ4n) is 2.33. The number of hydrogen-bond donors (Lipinski definition) is 0. The van der Waals surface area contributed by atoms with Gasteiger partial charge in [-0.1, -0.05) is 24.3 Å². The van der Waals surface area contributed by atoms with Crippen LogP contribution >= 0.6 is 0 Å². The lowest BCUT2D eigenvalue weighted by molar-refractivity contribution is -0.129. The number of carbonyl (C=O) groups is 1. The summed E-state index contributed by atoms with van der Waals surface area (Å²) in [5.41, 5.74) is 0.786. The standard InChI is InChI=1S/C18H14FNO4/c1-22-15-9-5-6-11(16(15)23-2)10-14-18(21)24-17(20-14)12-7-3-4-8-13(12)19/h3-10H,1-2H3/b14-10+. The molecule has 122 valence electrons. The topological polar surface area (TPSA) is 57.1 Å². The first-order valence-electron chi connectivity index (χ1n) is 7.12. The van der Waals surface area contributed by atoms with Crippen LogP contribution in [-0.2, 0) is 9.53 Å². The Kier molecular flexibility index (Phi) is 4.29. The number of carbonyl (C=O) groups excluding carboxylic acids is 1. The average molecular weight is 327 g/mol. The second-order valence-electron chi connectivity index (χ2n) is 4.90. The van der Waals surface area contributed by atoms with Crippen molar-refractivity contribution in [3.05, 3.63) is 65.1 Å². The summed E-state index contributed by atoms with van der Waals surface area (Å²) in [5.74, 6) is -0.236. The smallest absolute Gasteiger partial charge is 0.363 e. The second kappa shape index (κ2) is 6.54. The molecule has 3 rings (SSSR count). The molecule has 0 fully saturated rings. The number of nitrogens with zero attached hydrogens (tertiary/aromatic N) is 1. The number of esters is 1. The maximum atomic E-state index is 13.8. The lowest BCUT2D eigenvalue weighted by Crippen LogP contribution is -2.07. The highest BCUT2D eigenvalue weighted by Gasteiger charge is 2.26. The Morgan fingerprint density at radius 3 is 2.58 bits per heavy atom. The minimum atomic E-state index is -0.655. The molecule has 0 amide bonds. The molecule has 0 N–H and O–H groups in total. The molecule has 0 aliphatic carbocycles. The van der Waals surface area contributed by atoms with Crippen LogP contribution in [0.25, 0.3) is 6.08 Å². The van der Waals surface area contributed by atoms with Crippen LogP contribution in [0.5, 0.6) is 11.5 Å². The summed E-state index contributed by atoms with van der Waals surface area (Å²) in [7, 11) is 3.02. The van der Waals surface area contributed by atoms with Gasteiger partial charge in [0.1, 0.15) is 5.82 Å². The Hall–Kier alpha value is -3.15. The van der Waals surface area contributed by atoms with E-state index in [4.69, 9.17) is 14.2 Å². The Balaban J connectivity index is 2.03. The van der Waals surface area contributed by atoms with Crippen molar-refractivity contribution < 1.29 is 23.4 Å². The van der Waals surface area contributed by atoms with E-state index in [0.717, 1.165) is 0 Å². The van der Waals surface area contributed by atoms with Crippen molar-refractivity contribution in [2.75, 3.05) is 14.2 Å². The third kappa shape index (κ3) is 2.86. The zero-order valence-electron chi connectivity index (χ0n) is 13.1. The maximum absolute atomic E-state index is 13.8. The van der Waals surface area contributed by atoms with E-state index in [1.807, 2.05) is 0 Å². The number of methoxy groups -OCH3 is 2. The Morgan fingerprint density at radius 2 is 1.88 bits per heavy atom. The molecule has 1 heterocycles. The lowest BCUT2D eigenvalue weighted by atomic mass is 10.1. The summed E-state index contributed by atoms with van der Waals surface area (Å²) in [6.07, 6.45) is 1.51. The Labute approximate surface area is 138 Å². The SMILES string of the molecule is COc1cccc(/C=C2/N=C(c3ccccc3F)OC2=O)c1OC.